The van der Waals surface area contributed by atoms with Crippen LogP contribution in [0.3, 0.4) is 0 Å². The van der Waals surface area contributed by atoms with Gasteiger partial charge in [0, 0.05) is 57.0 Å². The zero-order valence-electron chi connectivity index (χ0n) is 14.3. The van der Waals surface area contributed by atoms with Crippen LogP contribution >= 0.6 is 11.3 Å². The Morgan fingerprint density at radius 1 is 0.920 bits per heavy atom. The van der Waals surface area contributed by atoms with Crippen molar-refractivity contribution in [2.24, 2.45) is 0 Å². The number of nitrogens with zero attached hydrogens (tertiary/aromatic N) is 5. The Labute approximate surface area is 152 Å². The minimum absolute atomic E-state index is 0.104. The number of hydrogen-bond donors (Lipinski definition) is 0. The van der Waals surface area contributed by atoms with Gasteiger partial charge >= 0.3 is 0 Å². The van der Waals surface area contributed by atoms with Crippen molar-refractivity contribution in [3.05, 3.63) is 35.5 Å². The Bertz CT molecular complexity index is 706. The van der Waals surface area contributed by atoms with Crippen LogP contribution in [0, 0.1) is 0 Å². The van der Waals surface area contributed by atoms with E-state index < -0.39 is 0 Å². The normalized spacial score (nSPS) is 18.5. The lowest BCUT2D eigenvalue weighted by Gasteiger charge is -2.35. The summed E-state index contributed by atoms with van der Waals surface area (Å²) in [4.78, 5) is 28.5. The van der Waals surface area contributed by atoms with E-state index in [-0.39, 0.29) is 5.91 Å². The third-order valence-electron chi connectivity index (χ3n) is 4.93. The van der Waals surface area contributed by atoms with Crippen LogP contribution in [0.15, 0.2) is 29.9 Å². The van der Waals surface area contributed by atoms with Crippen molar-refractivity contribution < 1.29 is 4.79 Å². The molecule has 2 aromatic rings. The minimum Gasteiger partial charge on any atom is -0.356 e. The quantitative estimate of drug-likeness (QED) is 0.845. The van der Waals surface area contributed by atoms with E-state index in [0.717, 1.165) is 55.8 Å². The number of carbonyl (C=O) groups excluding carboxylic acids is 1. The number of hydrogen-bond acceptors (Lipinski definition) is 6. The number of anilines is 2. The van der Waals surface area contributed by atoms with Crippen LogP contribution in [0.25, 0.3) is 0 Å². The van der Waals surface area contributed by atoms with Crippen molar-refractivity contribution in [1.29, 1.82) is 0 Å². The summed E-state index contributed by atoms with van der Waals surface area (Å²) in [5.74, 6) is 0.960. The summed E-state index contributed by atoms with van der Waals surface area (Å²) in [5, 5.41) is 3.04. The molecule has 7 heteroatoms. The fourth-order valence-electron chi connectivity index (χ4n) is 3.56. The van der Waals surface area contributed by atoms with E-state index in [2.05, 4.69) is 19.8 Å². The molecule has 0 aliphatic carbocycles. The molecule has 132 valence electrons. The Morgan fingerprint density at radius 2 is 1.72 bits per heavy atom. The molecular formula is C18H23N5OS. The molecular weight excluding hydrogens is 334 g/mol. The predicted molar refractivity (Wildman–Crippen MR) is 101 cm³/mol. The van der Waals surface area contributed by atoms with Crippen molar-refractivity contribution >= 4 is 28.2 Å². The molecule has 2 aliphatic rings. The van der Waals surface area contributed by atoms with Gasteiger partial charge in [-0.25, -0.2) is 9.97 Å². The van der Waals surface area contributed by atoms with Gasteiger partial charge < -0.3 is 14.7 Å². The summed E-state index contributed by atoms with van der Waals surface area (Å²) < 4.78 is 0. The second-order valence-electron chi connectivity index (χ2n) is 6.52. The molecule has 0 unspecified atom stereocenters. The van der Waals surface area contributed by atoms with Gasteiger partial charge in [0.25, 0.3) is 5.91 Å². The van der Waals surface area contributed by atoms with E-state index in [9.17, 15) is 4.79 Å². The van der Waals surface area contributed by atoms with Crippen LogP contribution in [-0.4, -0.2) is 60.0 Å². The van der Waals surface area contributed by atoms with Gasteiger partial charge in [0.2, 0.25) is 0 Å². The van der Waals surface area contributed by atoms with E-state index in [0.29, 0.717) is 0 Å². The lowest BCUT2D eigenvalue weighted by molar-refractivity contribution is 0.0747. The maximum absolute atomic E-state index is 13.1. The van der Waals surface area contributed by atoms with Gasteiger partial charge in [0.1, 0.15) is 5.82 Å². The van der Waals surface area contributed by atoms with E-state index in [1.807, 2.05) is 28.6 Å². The van der Waals surface area contributed by atoms with Crippen LogP contribution in [0.4, 0.5) is 10.9 Å². The molecule has 4 rings (SSSR count). The number of piperidine rings is 1. The van der Waals surface area contributed by atoms with E-state index in [4.69, 9.17) is 0 Å². The zero-order chi connectivity index (χ0) is 17.1. The molecule has 0 atom stereocenters. The molecule has 2 aromatic heterocycles. The first-order chi connectivity index (χ1) is 12.3. The fourth-order valence-corrected chi connectivity index (χ4v) is 4.26. The largest absolute Gasteiger partial charge is 0.356 e. The topological polar surface area (TPSA) is 52.6 Å². The van der Waals surface area contributed by atoms with Crippen LogP contribution < -0.4 is 9.80 Å². The summed E-state index contributed by atoms with van der Waals surface area (Å²) >= 11 is 1.65. The average Bonchev–Trinajstić information content (AvgIpc) is 3.23. The second-order valence-corrected chi connectivity index (χ2v) is 7.39. The van der Waals surface area contributed by atoms with Crippen molar-refractivity contribution in [3.63, 3.8) is 0 Å². The second kappa shape index (κ2) is 7.39. The van der Waals surface area contributed by atoms with Gasteiger partial charge in [0.15, 0.2) is 5.13 Å². The van der Waals surface area contributed by atoms with Crippen LogP contribution in [-0.2, 0) is 0 Å². The number of aromatic nitrogens is 2. The van der Waals surface area contributed by atoms with Crippen LogP contribution in [0.5, 0.6) is 0 Å². The number of rotatable bonds is 3. The van der Waals surface area contributed by atoms with Crippen molar-refractivity contribution in [1.82, 2.24) is 14.9 Å². The van der Waals surface area contributed by atoms with Crippen LogP contribution in [0.1, 0.15) is 29.6 Å². The summed E-state index contributed by atoms with van der Waals surface area (Å²) in [7, 11) is 0. The Morgan fingerprint density at radius 3 is 2.44 bits per heavy atom. The summed E-state index contributed by atoms with van der Waals surface area (Å²) in [5.41, 5.74) is 0.743. The van der Waals surface area contributed by atoms with Gasteiger partial charge in [-0.05, 0) is 31.4 Å². The number of piperazine rings is 1. The Balaban J connectivity index is 1.46. The fraction of sp³-hybridized carbons (Fsp3) is 0.500. The molecule has 25 heavy (non-hydrogen) atoms. The molecule has 0 spiro atoms. The molecule has 0 saturated carbocycles. The summed E-state index contributed by atoms with van der Waals surface area (Å²) in [6.45, 7) is 5.11. The highest BCUT2D eigenvalue weighted by Crippen LogP contribution is 2.24. The minimum atomic E-state index is 0.104. The van der Waals surface area contributed by atoms with E-state index in [1.54, 1.807) is 17.5 Å². The first kappa shape index (κ1) is 16.3. The van der Waals surface area contributed by atoms with Gasteiger partial charge in [-0.15, -0.1) is 11.3 Å². The SMILES string of the molecule is O=C(c1cccnc1N1CCCCC1)N1CCN(c2nccs2)CC1. The number of pyridine rings is 1. The van der Waals surface area contributed by atoms with Crippen LogP contribution in [0.2, 0.25) is 0 Å². The van der Waals surface area contributed by atoms with Crippen molar-refractivity contribution in [2.45, 2.75) is 19.3 Å². The standard InChI is InChI=1S/C18H23N5OS/c24-17(22-10-12-23(13-11-22)18-20-7-14-25-18)15-5-4-6-19-16(15)21-8-2-1-3-9-21/h4-7,14H,1-3,8-13H2. The predicted octanol–water partition coefficient (Wildman–Crippen LogP) is 2.49. The smallest absolute Gasteiger partial charge is 0.257 e. The third kappa shape index (κ3) is 3.46. The van der Waals surface area contributed by atoms with Crippen molar-refractivity contribution in [3.8, 4) is 0 Å². The lowest BCUT2D eigenvalue weighted by atomic mass is 10.1. The molecule has 0 aromatic carbocycles. The molecule has 0 N–H and O–H groups in total. The molecule has 1 amide bonds. The van der Waals surface area contributed by atoms with E-state index in [1.165, 1.54) is 19.3 Å². The highest BCUT2D eigenvalue weighted by Gasteiger charge is 2.27. The molecule has 2 fully saturated rings. The van der Waals surface area contributed by atoms with Gasteiger partial charge in [-0.2, -0.15) is 0 Å². The van der Waals surface area contributed by atoms with Gasteiger partial charge in [-0.3, -0.25) is 4.79 Å². The zero-order valence-corrected chi connectivity index (χ0v) is 15.1. The number of thiazole rings is 1. The monoisotopic (exact) mass is 357 g/mol. The maximum Gasteiger partial charge on any atom is 0.257 e. The first-order valence-corrected chi connectivity index (χ1v) is 9.84. The molecule has 4 heterocycles. The van der Waals surface area contributed by atoms with Crippen molar-refractivity contribution in [2.75, 3.05) is 49.1 Å². The average molecular weight is 357 g/mol. The Kier molecular flexibility index (Phi) is 4.83. The highest BCUT2D eigenvalue weighted by molar-refractivity contribution is 7.13. The number of amides is 1. The summed E-state index contributed by atoms with van der Waals surface area (Å²) in [6.07, 6.45) is 7.25. The lowest BCUT2D eigenvalue weighted by Crippen LogP contribution is -2.49. The Hall–Kier alpha value is -2.15. The molecule has 2 saturated heterocycles. The molecule has 2 aliphatic heterocycles. The maximum atomic E-state index is 13.1. The van der Waals surface area contributed by atoms with Gasteiger partial charge in [0.05, 0.1) is 5.56 Å². The van der Waals surface area contributed by atoms with Gasteiger partial charge in [-0.1, -0.05) is 0 Å². The summed E-state index contributed by atoms with van der Waals surface area (Å²) in [6, 6.07) is 3.79. The third-order valence-corrected chi connectivity index (χ3v) is 5.76. The molecule has 0 radical (unpaired) electrons. The van der Waals surface area contributed by atoms with E-state index >= 15 is 0 Å². The molecule has 0 bridgehead atoms. The number of carbonyl (C=O) groups is 1. The highest BCUT2D eigenvalue weighted by atomic mass is 32.1. The first-order valence-electron chi connectivity index (χ1n) is 8.96. The molecule has 6 nitrogen and oxygen atoms in total.